The van der Waals surface area contributed by atoms with E-state index in [4.69, 9.17) is 0 Å². The number of nitrogens with zero attached hydrogens (tertiary/aromatic N) is 1. The molecule has 0 saturated carbocycles. The molecule has 0 aliphatic carbocycles. The summed E-state index contributed by atoms with van der Waals surface area (Å²) in [6.45, 7) is 7.88. The van der Waals surface area contributed by atoms with Crippen LogP contribution in [0.3, 0.4) is 0 Å². The Bertz CT molecular complexity index is 605. The van der Waals surface area contributed by atoms with Crippen molar-refractivity contribution in [3.63, 3.8) is 0 Å². The molecule has 2 rings (SSSR count). The average molecular weight is 304 g/mol. The molecule has 4 heteroatoms. The van der Waals surface area contributed by atoms with Gasteiger partial charge >= 0.3 is 0 Å². The van der Waals surface area contributed by atoms with E-state index < -0.39 is 10.8 Å². The van der Waals surface area contributed by atoms with Gasteiger partial charge in [-0.2, -0.15) is 0 Å². The zero-order valence-electron chi connectivity index (χ0n) is 13.1. The van der Waals surface area contributed by atoms with Gasteiger partial charge in [-0.3, -0.25) is 4.21 Å². The Morgan fingerprint density at radius 1 is 1.19 bits per heavy atom. The van der Waals surface area contributed by atoms with Gasteiger partial charge in [-0.25, -0.2) is 0 Å². The Labute approximate surface area is 129 Å². The zero-order valence-corrected chi connectivity index (χ0v) is 13.9. The number of para-hydroxylation sites is 1. The van der Waals surface area contributed by atoms with E-state index >= 15 is 0 Å². The smallest absolute Gasteiger partial charge is 0.0455 e. The first-order chi connectivity index (χ1) is 10.1. The lowest BCUT2D eigenvalue weighted by molar-refractivity contribution is 0.673. The Morgan fingerprint density at radius 3 is 2.57 bits per heavy atom. The quantitative estimate of drug-likeness (QED) is 0.798. The summed E-state index contributed by atoms with van der Waals surface area (Å²) in [5, 5.41) is 3.39. The molecule has 3 nitrogen and oxygen atoms in total. The van der Waals surface area contributed by atoms with Gasteiger partial charge in [0.05, 0.1) is 0 Å². The Kier molecular flexibility index (Phi) is 5.76. The van der Waals surface area contributed by atoms with Gasteiger partial charge in [0.15, 0.2) is 0 Å². The molecule has 1 aromatic carbocycles. The van der Waals surface area contributed by atoms with Crippen molar-refractivity contribution in [3.05, 3.63) is 53.3 Å². The van der Waals surface area contributed by atoms with E-state index in [1.807, 2.05) is 13.0 Å². The topological polar surface area (TPSA) is 34.0 Å². The van der Waals surface area contributed by atoms with Crippen molar-refractivity contribution in [1.82, 2.24) is 9.88 Å². The van der Waals surface area contributed by atoms with Crippen LogP contribution in [0.1, 0.15) is 23.9 Å². The van der Waals surface area contributed by atoms with Crippen LogP contribution in [0.5, 0.6) is 0 Å². The van der Waals surface area contributed by atoms with E-state index in [0.717, 1.165) is 24.6 Å². The van der Waals surface area contributed by atoms with Crippen molar-refractivity contribution in [2.75, 3.05) is 18.1 Å². The Balaban J connectivity index is 2.04. The lowest BCUT2D eigenvalue weighted by Gasteiger charge is -2.10. The fraction of sp³-hybridized carbons (Fsp3) is 0.412. The van der Waals surface area contributed by atoms with E-state index in [9.17, 15) is 4.21 Å². The van der Waals surface area contributed by atoms with Crippen molar-refractivity contribution in [2.45, 2.75) is 27.3 Å². The molecule has 0 amide bonds. The third kappa shape index (κ3) is 4.05. The molecule has 0 bridgehead atoms. The maximum atomic E-state index is 11.4. The molecule has 0 aliphatic heterocycles. The van der Waals surface area contributed by atoms with Crippen LogP contribution in [-0.2, 0) is 17.3 Å². The number of hydrogen-bond donors (Lipinski definition) is 1. The molecule has 0 radical (unpaired) electrons. The van der Waals surface area contributed by atoms with Crippen LogP contribution < -0.4 is 5.32 Å². The highest BCUT2D eigenvalue weighted by Gasteiger charge is 2.10. The van der Waals surface area contributed by atoms with E-state index in [1.165, 1.54) is 22.6 Å². The SMILES string of the molecule is CCS(=O)CCNCc1cc(C)n(-c2ccccc2)c1C. The lowest BCUT2D eigenvalue weighted by atomic mass is 10.2. The van der Waals surface area contributed by atoms with Crippen molar-refractivity contribution in [3.8, 4) is 5.69 Å². The van der Waals surface area contributed by atoms with Gasteiger partial charge in [0.1, 0.15) is 0 Å². The van der Waals surface area contributed by atoms with E-state index in [1.54, 1.807) is 0 Å². The summed E-state index contributed by atoms with van der Waals surface area (Å²) in [5.41, 5.74) is 5.01. The first-order valence-corrected chi connectivity index (χ1v) is 8.91. The van der Waals surface area contributed by atoms with Crippen LogP contribution in [-0.4, -0.2) is 26.8 Å². The van der Waals surface area contributed by atoms with Crippen LogP contribution in [0.25, 0.3) is 5.69 Å². The van der Waals surface area contributed by atoms with Gasteiger partial charge in [-0.15, -0.1) is 0 Å². The van der Waals surface area contributed by atoms with Gasteiger partial charge < -0.3 is 9.88 Å². The molecule has 1 atom stereocenters. The van der Waals surface area contributed by atoms with Crippen LogP contribution in [0.2, 0.25) is 0 Å². The van der Waals surface area contributed by atoms with Gasteiger partial charge in [-0.1, -0.05) is 25.1 Å². The standard InChI is InChI=1S/C17H24N2OS/c1-4-21(20)11-10-18-13-16-12-14(2)19(15(16)3)17-8-6-5-7-9-17/h5-9,12,18H,4,10-11,13H2,1-3H3. The van der Waals surface area contributed by atoms with Gasteiger partial charge in [0, 0.05) is 52.5 Å². The van der Waals surface area contributed by atoms with Crippen molar-refractivity contribution in [1.29, 1.82) is 0 Å². The maximum absolute atomic E-state index is 11.4. The third-order valence-electron chi connectivity index (χ3n) is 3.69. The molecule has 21 heavy (non-hydrogen) atoms. The van der Waals surface area contributed by atoms with Crippen LogP contribution >= 0.6 is 0 Å². The zero-order chi connectivity index (χ0) is 15.2. The van der Waals surface area contributed by atoms with Gasteiger partial charge in [0.25, 0.3) is 0 Å². The maximum Gasteiger partial charge on any atom is 0.0455 e. The lowest BCUT2D eigenvalue weighted by Crippen LogP contribution is -2.20. The van der Waals surface area contributed by atoms with E-state index in [0.29, 0.717) is 0 Å². The highest BCUT2D eigenvalue weighted by Crippen LogP contribution is 2.20. The molecule has 1 aromatic heterocycles. The molecule has 1 heterocycles. The molecule has 1 N–H and O–H groups in total. The van der Waals surface area contributed by atoms with E-state index in [2.05, 4.69) is 54.1 Å². The van der Waals surface area contributed by atoms with Crippen LogP contribution in [0.4, 0.5) is 0 Å². The molecule has 0 saturated heterocycles. The molecular weight excluding hydrogens is 280 g/mol. The Morgan fingerprint density at radius 2 is 1.90 bits per heavy atom. The number of benzene rings is 1. The normalized spacial score (nSPS) is 12.5. The fourth-order valence-corrected chi connectivity index (χ4v) is 3.20. The highest BCUT2D eigenvalue weighted by molar-refractivity contribution is 7.84. The molecule has 2 aromatic rings. The second-order valence-electron chi connectivity index (χ2n) is 5.18. The van der Waals surface area contributed by atoms with Gasteiger partial charge in [-0.05, 0) is 37.6 Å². The largest absolute Gasteiger partial charge is 0.318 e. The molecule has 114 valence electrons. The molecule has 0 spiro atoms. The minimum atomic E-state index is -0.687. The third-order valence-corrected chi connectivity index (χ3v) is 5.00. The molecule has 0 fully saturated rings. The van der Waals surface area contributed by atoms with Gasteiger partial charge in [0.2, 0.25) is 0 Å². The number of hydrogen-bond acceptors (Lipinski definition) is 2. The number of rotatable bonds is 7. The van der Waals surface area contributed by atoms with E-state index in [-0.39, 0.29) is 0 Å². The minimum absolute atomic E-state index is 0.687. The van der Waals surface area contributed by atoms with Crippen LogP contribution in [0, 0.1) is 13.8 Å². The average Bonchev–Trinajstić information content (AvgIpc) is 2.78. The summed E-state index contributed by atoms with van der Waals surface area (Å²) in [4.78, 5) is 0. The second kappa shape index (κ2) is 7.57. The summed E-state index contributed by atoms with van der Waals surface area (Å²) in [7, 11) is -0.687. The first kappa shape index (κ1) is 16.0. The van der Waals surface area contributed by atoms with Crippen LogP contribution in [0.15, 0.2) is 36.4 Å². The summed E-state index contributed by atoms with van der Waals surface area (Å²) >= 11 is 0. The minimum Gasteiger partial charge on any atom is -0.318 e. The summed E-state index contributed by atoms with van der Waals surface area (Å²) < 4.78 is 13.7. The summed E-state index contributed by atoms with van der Waals surface area (Å²) in [6, 6.07) is 12.6. The molecule has 0 aliphatic rings. The van der Waals surface area contributed by atoms with Crippen molar-refractivity contribution >= 4 is 10.8 Å². The summed E-state index contributed by atoms with van der Waals surface area (Å²) in [5.74, 6) is 1.47. The molecule has 1 unspecified atom stereocenters. The Hall–Kier alpha value is -1.39. The number of aryl methyl sites for hydroxylation is 1. The predicted molar refractivity (Wildman–Crippen MR) is 90.5 cm³/mol. The number of aromatic nitrogens is 1. The first-order valence-electron chi connectivity index (χ1n) is 7.42. The number of nitrogens with one attached hydrogen (secondary N) is 1. The van der Waals surface area contributed by atoms with Crippen molar-refractivity contribution < 1.29 is 4.21 Å². The highest BCUT2D eigenvalue weighted by atomic mass is 32.2. The fourth-order valence-electron chi connectivity index (χ4n) is 2.54. The molecular formula is C17H24N2OS. The predicted octanol–water partition coefficient (Wildman–Crippen LogP) is 2.95. The monoisotopic (exact) mass is 304 g/mol. The second-order valence-corrected chi connectivity index (χ2v) is 7.04. The van der Waals surface area contributed by atoms with Crippen molar-refractivity contribution in [2.24, 2.45) is 0 Å². The summed E-state index contributed by atoms with van der Waals surface area (Å²) in [6.07, 6.45) is 0.